The number of terminal acetylenes is 1. The molecule has 0 radical (unpaired) electrons. The zero-order valence-electron chi connectivity index (χ0n) is 10.7. The highest BCUT2D eigenvalue weighted by Gasteiger charge is 2.22. The lowest BCUT2D eigenvalue weighted by Crippen LogP contribution is -2.34. The predicted octanol–water partition coefficient (Wildman–Crippen LogP) is 1.81. The minimum atomic E-state index is -3.97. The molecular formula is C12H13FN2O4S. The van der Waals surface area contributed by atoms with E-state index in [1.165, 1.54) is 0 Å². The molecule has 1 aromatic carbocycles. The number of hydrogen-bond donors (Lipinski definition) is 1. The van der Waals surface area contributed by atoms with Crippen LogP contribution in [0, 0.1) is 28.3 Å². The largest absolute Gasteiger partial charge is 0.304 e. The van der Waals surface area contributed by atoms with Crippen LogP contribution in [0.2, 0.25) is 0 Å². The van der Waals surface area contributed by atoms with Gasteiger partial charge in [0.2, 0.25) is 15.8 Å². The van der Waals surface area contributed by atoms with Crippen LogP contribution in [0.25, 0.3) is 0 Å². The molecule has 0 spiro atoms. The number of rotatable bonds is 6. The van der Waals surface area contributed by atoms with Gasteiger partial charge in [0.1, 0.15) is 0 Å². The maximum atomic E-state index is 13.4. The summed E-state index contributed by atoms with van der Waals surface area (Å²) in [6.45, 7) is 1.75. The Bertz CT molecular complexity index is 652. The Labute approximate surface area is 116 Å². The van der Waals surface area contributed by atoms with Gasteiger partial charge in [0.25, 0.3) is 0 Å². The zero-order valence-corrected chi connectivity index (χ0v) is 11.5. The molecule has 1 aromatic rings. The first-order chi connectivity index (χ1) is 9.31. The number of halogens is 1. The van der Waals surface area contributed by atoms with E-state index in [0.29, 0.717) is 12.5 Å². The van der Waals surface area contributed by atoms with Crippen molar-refractivity contribution in [3.05, 3.63) is 34.1 Å². The summed E-state index contributed by atoms with van der Waals surface area (Å²) >= 11 is 0. The van der Waals surface area contributed by atoms with Crippen molar-refractivity contribution in [1.29, 1.82) is 0 Å². The van der Waals surface area contributed by atoms with Crippen LogP contribution < -0.4 is 4.72 Å². The van der Waals surface area contributed by atoms with Crippen molar-refractivity contribution >= 4 is 15.7 Å². The molecule has 0 saturated carbocycles. The summed E-state index contributed by atoms with van der Waals surface area (Å²) in [6.07, 6.45) is 5.79. The Morgan fingerprint density at radius 1 is 1.55 bits per heavy atom. The average Bonchev–Trinajstić information content (AvgIpc) is 2.37. The molecule has 0 aliphatic rings. The normalized spacial score (nSPS) is 12.7. The Kier molecular flexibility index (Phi) is 5.19. The van der Waals surface area contributed by atoms with Gasteiger partial charge in [0, 0.05) is 24.6 Å². The fourth-order valence-electron chi connectivity index (χ4n) is 1.50. The van der Waals surface area contributed by atoms with Gasteiger partial charge in [-0.15, -0.1) is 12.3 Å². The van der Waals surface area contributed by atoms with Crippen molar-refractivity contribution in [2.75, 3.05) is 0 Å². The summed E-state index contributed by atoms with van der Waals surface area (Å²) in [6, 6.07) is 1.93. The summed E-state index contributed by atoms with van der Waals surface area (Å²) in [5.74, 6) is 1.13. The molecule has 108 valence electrons. The third-order valence-electron chi connectivity index (χ3n) is 2.61. The first kappa shape index (κ1) is 16.1. The molecule has 0 aromatic heterocycles. The Balaban J connectivity index is 3.08. The van der Waals surface area contributed by atoms with Crippen molar-refractivity contribution in [2.45, 2.75) is 30.7 Å². The van der Waals surface area contributed by atoms with E-state index in [9.17, 15) is 22.9 Å². The van der Waals surface area contributed by atoms with Crippen molar-refractivity contribution in [2.24, 2.45) is 0 Å². The molecule has 6 nitrogen and oxygen atoms in total. The number of hydrogen-bond acceptors (Lipinski definition) is 4. The highest BCUT2D eigenvalue weighted by atomic mass is 32.2. The summed E-state index contributed by atoms with van der Waals surface area (Å²) in [5, 5.41) is 10.5. The average molecular weight is 300 g/mol. The van der Waals surface area contributed by atoms with Crippen molar-refractivity contribution in [1.82, 2.24) is 4.72 Å². The monoisotopic (exact) mass is 300 g/mol. The van der Waals surface area contributed by atoms with Gasteiger partial charge in [-0.2, -0.15) is 4.39 Å². The fraction of sp³-hybridized carbons (Fsp3) is 0.333. The Morgan fingerprint density at radius 2 is 2.20 bits per heavy atom. The van der Waals surface area contributed by atoms with E-state index in [2.05, 4.69) is 10.6 Å². The van der Waals surface area contributed by atoms with Crippen LogP contribution in [0.4, 0.5) is 10.1 Å². The van der Waals surface area contributed by atoms with Crippen molar-refractivity contribution in [3.8, 4) is 12.3 Å². The van der Waals surface area contributed by atoms with Gasteiger partial charge in [-0.1, -0.05) is 6.92 Å². The number of nitro groups is 1. The van der Waals surface area contributed by atoms with Gasteiger partial charge in [-0.05, 0) is 12.5 Å². The SMILES string of the molecule is C#CCC(CC)NS(=O)(=O)c1ccc([N+](=O)[O-])c(F)c1. The van der Waals surface area contributed by atoms with E-state index in [1.54, 1.807) is 6.92 Å². The molecule has 1 atom stereocenters. The molecule has 0 bridgehead atoms. The molecule has 1 rings (SSSR count). The van der Waals surface area contributed by atoms with Gasteiger partial charge in [-0.25, -0.2) is 13.1 Å². The van der Waals surface area contributed by atoms with Crippen LogP contribution in [-0.2, 0) is 10.0 Å². The summed E-state index contributed by atoms with van der Waals surface area (Å²) < 4.78 is 39.7. The quantitative estimate of drug-likeness (QED) is 0.493. The van der Waals surface area contributed by atoms with Crippen LogP contribution in [0.15, 0.2) is 23.1 Å². The Morgan fingerprint density at radius 3 is 2.65 bits per heavy atom. The lowest BCUT2D eigenvalue weighted by atomic mass is 10.2. The van der Waals surface area contributed by atoms with Gasteiger partial charge >= 0.3 is 5.69 Å². The first-order valence-electron chi connectivity index (χ1n) is 5.71. The molecule has 0 heterocycles. The maximum Gasteiger partial charge on any atom is 0.304 e. The van der Waals surface area contributed by atoms with Gasteiger partial charge < -0.3 is 0 Å². The van der Waals surface area contributed by atoms with Crippen LogP contribution in [0.3, 0.4) is 0 Å². The van der Waals surface area contributed by atoms with Crippen molar-refractivity contribution < 1.29 is 17.7 Å². The van der Waals surface area contributed by atoms with Crippen LogP contribution in [0.5, 0.6) is 0 Å². The second-order valence-electron chi connectivity index (χ2n) is 4.01. The third-order valence-corrected chi connectivity index (χ3v) is 4.12. The molecule has 0 aliphatic carbocycles. The number of benzene rings is 1. The minimum absolute atomic E-state index is 0.200. The maximum absolute atomic E-state index is 13.4. The summed E-state index contributed by atoms with van der Waals surface area (Å²) in [4.78, 5) is 9.17. The predicted molar refractivity (Wildman–Crippen MR) is 70.9 cm³/mol. The van der Waals surface area contributed by atoms with E-state index in [4.69, 9.17) is 6.42 Å². The van der Waals surface area contributed by atoms with Crippen LogP contribution >= 0.6 is 0 Å². The number of nitrogens with zero attached hydrogens (tertiary/aromatic N) is 1. The third kappa shape index (κ3) is 3.76. The molecule has 1 N–H and O–H groups in total. The lowest BCUT2D eigenvalue weighted by molar-refractivity contribution is -0.387. The standard InChI is InChI=1S/C12H13FN2O4S/c1-3-5-9(4-2)14-20(18,19)10-6-7-12(15(16)17)11(13)8-10/h1,6-9,14H,4-5H2,2H3. The number of sulfonamides is 1. The van der Waals surface area contributed by atoms with E-state index in [-0.39, 0.29) is 11.3 Å². The van der Waals surface area contributed by atoms with E-state index >= 15 is 0 Å². The summed E-state index contributed by atoms with van der Waals surface area (Å²) in [7, 11) is -3.97. The van der Waals surface area contributed by atoms with Gasteiger partial charge in [0.15, 0.2) is 0 Å². The second-order valence-corrected chi connectivity index (χ2v) is 5.72. The smallest absolute Gasteiger partial charge is 0.258 e. The topological polar surface area (TPSA) is 89.3 Å². The van der Waals surface area contributed by atoms with E-state index < -0.39 is 32.5 Å². The highest BCUT2D eigenvalue weighted by molar-refractivity contribution is 7.89. The van der Waals surface area contributed by atoms with Crippen LogP contribution in [-0.4, -0.2) is 19.4 Å². The molecule has 20 heavy (non-hydrogen) atoms. The molecule has 0 amide bonds. The molecule has 0 aliphatic heterocycles. The molecule has 8 heteroatoms. The first-order valence-corrected chi connectivity index (χ1v) is 7.20. The number of nitrogens with one attached hydrogen (secondary N) is 1. The van der Waals surface area contributed by atoms with E-state index in [0.717, 1.165) is 12.1 Å². The molecule has 0 fully saturated rings. The van der Waals surface area contributed by atoms with Crippen LogP contribution in [0.1, 0.15) is 19.8 Å². The van der Waals surface area contributed by atoms with E-state index in [1.807, 2.05) is 0 Å². The van der Waals surface area contributed by atoms with Gasteiger partial charge in [-0.3, -0.25) is 10.1 Å². The Hall–Kier alpha value is -1.98. The second kappa shape index (κ2) is 6.45. The lowest BCUT2D eigenvalue weighted by Gasteiger charge is -2.14. The minimum Gasteiger partial charge on any atom is -0.258 e. The molecular weight excluding hydrogens is 287 g/mol. The zero-order chi connectivity index (χ0) is 15.3. The highest BCUT2D eigenvalue weighted by Crippen LogP contribution is 2.21. The number of nitro benzene ring substituents is 1. The molecule has 0 saturated heterocycles. The van der Waals surface area contributed by atoms with Gasteiger partial charge in [0.05, 0.1) is 9.82 Å². The fourth-order valence-corrected chi connectivity index (χ4v) is 2.83. The van der Waals surface area contributed by atoms with Crippen molar-refractivity contribution in [3.63, 3.8) is 0 Å². The molecule has 1 unspecified atom stereocenters. The summed E-state index contributed by atoms with van der Waals surface area (Å²) in [5.41, 5.74) is -0.778.